The van der Waals surface area contributed by atoms with Crippen LogP contribution in [0.1, 0.15) is 23.6 Å². The van der Waals surface area contributed by atoms with Gasteiger partial charge in [-0.3, -0.25) is 9.59 Å². The summed E-state index contributed by atoms with van der Waals surface area (Å²) in [5.74, 6) is -0.245. The van der Waals surface area contributed by atoms with Gasteiger partial charge in [-0.15, -0.1) is 0 Å². The van der Waals surface area contributed by atoms with Gasteiger partial charge in [-0.2, -0.15) is 5.10 Å². The Morgan fingerprint density at radius 3 is 2.30 bits per heavy atom. The van der Waals surface area contributed by atoms with E-state index in [1.807, 2.05) is 43.3 Å². The van der Waals surface area contributed by atoms with E-state index in [1.54, 1.807) is 6.07 Å². The number of nitrogens with one attached hydrogen (secondary N) is 1. The third kappa shape index (κ3) is 4.91. The molecular formula is C22H23N3O2. The zero-order valence-corrected chi connectivity index (χ0v) is 15.6. The van der Waals surface area contributed by atoms with Crippen molar-refractivity contribution in [3.8, 4) is 11.3 Å². The Kier molecular flexibility index (Phi) is 5.81. The lowest BCUT2D eigenvalue weighted by Gasteiger charge is -2.09. The topological polar surface area (TPSA) is 64.0 Å². The normalized spacial score (nSPS) is 10.6. The van der Waals surface area contributed by atoms with Crippen molar-refractivity contribution in [1.29, 1.82) is 0 Å². The first kappa shape index (κ1) is 18.6. The number of carbonyl (C=O) groups excluding carboxylic acids is 1. The standard InChI is InChI=1S/C22H23N3O2/c1-3-17-6-8-18(9-7-17)14-23-21(26)15-25-22(27)13-12-20(24-25)19-10-4-16(2)5-11-19/h4-13H,3,14-15H2,1-2H3,(H,23,26). The number of hydrogen-bond acceptors (Lipinski definition) is 3. The lowest BCUT2D eigenvalue weighted by atomic mass is 10.1. The quantitative estimate of drug-likeness (QED) is 0.734. The van der Waals surface area contributed by atoms with Crippen LogP contribution in [0.25, 0.3) is 11.3 Å². The van der Waals surface area contributed by atoms with Crippen LogP contribution in [0.2, 0.25) is 0 Å². The van der Waals surface area contributed by atoms with Crippen LogP contribution in [0, 0.1) is 6.92 Å². The SMILES string of the molecule is CCc1ccc(CNC(=O)Cn2nc(-c3ccc(C)cc3)ccc2=O)cc1. The minimum atomic E-state index is -0.298. The van der Waals surface area contributed by atoms with Crippen LogP contribution in [0.15, 0.2) is 65.5 Å². The summed E-state index contributed by atoms with van der Waals surface area (Å²) in [6.07, 6.45) is 0.985. The summed E-state index contributed by atoms with van der Waals surface area (Å²) in [7, 11) is 0. The van der Waals surface area contributed by atoms with Gasteiger partial charge in [-0.1, -0.05) is 61.0 Å². The summed E-state index contributed by atoms with van der Waals surface area (Å²) < 4.78 is 1.20. The van der Waals surface area contributed by atoms with E-state index in [1.165, 1.54) is 16.3 Å². The van der Waals surface area contributed by atoms with Crippen molar-refractivity contribution in [3.63, 3.8) is 0 Å². The Morgan fingerprint density at radius 2 is 1.63 bits per heavy atom. The molecule has 3 aromatic rings. The van der Waals surface area contributed by atoms with Crippen molar-refractivity contribution in [3.05, 3.63) is 87.7 Å². The molecule has 1 N–H and O–H groups in total. The summed E-state index contributed by atoms with van der Waals surface area (Å²) in [6, 6.07) is 19.1. The van der Waals surface area contributed by atoms with Crippen molar-refractivity contribution in [1.82, 2.24) is 15.1 Å². The van der Waals surface area contributed by atoms with E-state index < -0.39 is 0 Å². The molecule has 0 aliphatic rings. The second-order valence-corrected chi connectivity index (χ2v) is 6.53. The average Bonchev–Trinajstić information content (AvgIpc) is 2.69. The van der Waals surface area contributed by atoms with Gasteiger partial charge < -0.3 is 5.32 Å². The first-order chi connectivity index (χ1) is 13.0. The molecule has 1 amide bonds. The fourth-order valence-electron chi connectivity index (χ4n) is 2.73. The van der Waals surface area contributed by atoms with Crippen LogP contribution in [0.3, 0.4) is 0 Å². The molecule has 0 atom stereocenters. The summed E-state index contributed by atoms with van der Waals surface area (Å²) in [5.41, 5.74) is 4.71. The van der Waals surface area contributed by atoms with Crippen LogP contribution in [0.5, 0.6) is 0 Å². The van der Waals surface area contributed by atoms with Gasteiger partial charge in [0.1, 0.15) is 6.54 Å². The molecule has 3 rings (SSSR count). The Hall–Kier alpha value is -3.21. The molecule has 5 nitrogen and oxygen atoms in total. The predicted octanol–water partition coefficient (Wildman–Crippen LogP) is 3.10. The number of aryl methyl sites for hydroxylation is 2. The maximum Gasteiger partial charge on any atom is 0.267 e. The lowest BCUT2D eigenvalue weighted by molar-refractivity contribution is -0.122. The van der Waals surface area contributed by atoms with Gasteiger partial charge in [0, 0.05) is 18.2 Å². The van der Waals surface area contributed by atoms with Gasteiger partial charge in [-0.05, 0) is 30.5 Å². The van der Waals surface area contributed by atoms with Crippen LogP contribution < -0.4 is 10.9 Å². The van der Waals surface area contributed by atoms with Gasteiger partial charge in [-0.25, -0.2) is 4.68 Å². The molecule has 2 aromatic carbocycles. The van der Waals surface area contributed by atoms with Crippen LogP contribution in [-0.4, -0.2) is 15.7 Å². The Bertz CT molecular complexity index is 974. The molecule has 5 heteroatoms. The van der Waals surface area contributed by atoms with E-state index >= 15 is 0 Å². The first-order valence-corrected chi connectivity index (χ1v) is 9.05. The molecule has 0 aliphatic carbocycles. The van der Waals surface area contributed by atoms with E-state index in [-0.39, 0.29) is 18.0 Å². The summed E-state index contributed by atoms with van der Waals surface area (Å²) in [5, 5.41) is 7.17. The molecule has 0 bridgehead atoms. The number of hydrogen-bond donors (Lipinski definition) is 1. The number of aromatic nitrogens is 2. The lowest BCUT2D eigenvalue weighted by Crippen LogP contribution is -2.33. The monoisotopic (exact) mass is 361 g/mol. The fraction of sp³-hybridized carbons (Fsp3) is 0.227. The maximum absolute atomic E-state index is 12.2. The van der Waals surface area contributed by atoms with Crippen molar-refractivity contribution in [2.75, 3.05) is 0 Å². The highest BCUT2D eigenvalue weighted by Gasteiger charge is 2.08. The summed E-state index contributed by atoms with van der Waals surface area (Å²) in [4.78, 5) is 24.3. The summed E-state index contributed by atoms with van der Waals surface area (Å²) in [6.45, 7) is 4.44. The fourth-order valence-corrected chi connectivity index (χ4v) is 2.73. The van der Waals surface area contributed by atoms with Crippen LogP contribution >= 0.6 is 0 Å². The Morgan fingerprint density at radius 1 is 0.963 bits per heavy atom. The van der Waals surface area contributed by atoms with Crippen molar-refractivity contribution in [2.24, 2.45) is 0 Å². The maximum atomic E-state index is 12.2. The van der Waals surface area contributed by atoms with Gasteiger partial charge >= 0.3 is 0 Å². The molecule has 0 radical (unpaired) electrons. The first-order valence-electron chi connectivity index (χ1n) is 9.05. The van der Waals surface area contributed by atoms with Crippen LogP contribution in [0.4, 0.5) is 0 Å². The second-order valence-electron chi connectivity index (χ2n) is 6.53. The van der Waals surface area contributed by atoms with Crippen molar-refractivity contribution < 1.29 is 4.79 Å². The molecule has 0 spiro atoms. The molecular weight excluding hydrogens is 338 g/mol. The largest absolute Gasteiger partial charge is 0.350 e. The smallest absolute Gasteiger partial charge is 0.267 e. The minimum absolute atomic E-state index is 0.106. The zero-order chi connectivity index (χ0) is 19.2. The number of nitrogens with zero attached hydrogens (tertiary/aromatic N) is 2. The minimum Gasteiger partial charge on any atom is -0.350 e. The molecule has 0 saturated heterocycles. The van der Waals surface area contributed by atoms with E-state index in [4.69, 9.17) is 0 Å². The average molecular weight is 361 g/mol. The summed E-state index contributed by atoms with van der Waals surface area (Å²) >= 11 is 0. The molecule has 0 unspecified atom stereocenters. The van der Waals surface area contributed by atoms with Gasteiger partial charge in [0.05, 0.1) is 5.69 Å². The molecule has 0 fully saturated rings. The zero-order valence-electron chi connectivity index (χ0n) is 15.6. The van der Waals surface area contributed by atoms with Gasteiger partial charge in [0.25, 0.3) is 5.56 Å². The Labute approximate surface area is 158 Å². The molecule has 1 heterocycles. The van der Waals surface area contributed by atoms with Crippen molar-refractivity contribution >= 4 is 5.91 Å². The highest BCUT2D eigenvalue weighted by atomic mass is 16.2. The predicted molar refractivity (Wildman–Crippen MR) is 106 cm³/mol. The number of benzene rings is 2. The van der Waals surface area contributed by atoms with Crippen LogP contribution in [-0.2, 0) is 24.3 Å². The van der Waals surface area contributed by atoms with E-state index in [2.05, 4.69) is 29.5 Å². The highest BCUT2D eigenvalue weighted by Crippen LogP contribution is 2.15. The van der Waals surface area contributed by atoms with E-state index in [0.29, 0.717) is 12.2 Å². The van der Waals surface area contributed by atoms with E-state index in [0.717, 1.165) is 23.1 Å². The number of amides is 1. The van der Waals surface area contributed by atoms with Gasteiger partial charge in [0.2, 0.25) is 5.91 Å². The van der Waals surface area contributed by atoms with Crippen molar-refractivity contribution in [2.45, 2.75) is 33.4 Å². The number of carbonyl (C=O) groups is 1. The molecule has 0 saturated carbocycles. The highest BCUT2D eigenvalue weighted by molar-refractivity contribution is 5.75. The third-order valence-corrected chi connectivity index (χ3v) is 4.43. The Balaban J connectivity index is 1.67. The second kappa shape index (κ2) is 8.45. The molecule has 0 aliphatic heterocycles. The van der Waals surface area contributed by atoms with Gasteiger partial charge in [0.15, 0.2) is 0 Å². The molecule has 27 heavy (non-hydrogen) atoms. The molecule has 1 aromatic heterocycles. The van der Waals surface area contributed by atoms with E-state index in [9.17, 15) is 9.59 Å². The number of rotatable bonds is 6. The third-order valence-electron chi connectivity index (χ3n) is 4.43. The molecule has 138 valence electrons.